The lowest BCUT2D eigenvalue weighted by Gasteiger charge is -2.23. The van der Waals surface area contributed by atoms with Gasteiger partial charge in [0, 0.05) is 20.8 Å². The third kappa shape index (κ3) is 4.16. The van der Waals surface area contributed by atoms with E-state index in [1.54, 1.807) is 12.1 Å². The molecule has 1 atom stereocenters. The minimum atomic E-state index is -3.74. The third-order valence-electron chi connectivity index (χ3n) is 4.04. The summed E-state index contributed by atoms with van der Waals surface area (Å²) in [6.45, 7) is 0.329. The number of nitrogens with one attached hydrogen (secondary N) is 1. The molecule has 5 nitrogen and oxygen atoms in total. The van der Waals surface area contributed by atoms with Gasteiger partial charge in [0.15, 0.2) is 0 Å². The van der Waals surface area contributed by atoms with Crippen molar-refractivity contribution >= 4 is 55.8 Å². The number of amides is 1. The van der Waals surface area contributed by atoms with Crippen LogP contribution in [0.25, 0.3) is 0 Å². The molecule has 1 heterocycles. The SMILES string of the molecule is O=C(Nc1ccc(I)cc1)[C@H]1CCCN1S(=O)(=O)c1ccc(Cl)cc1. The zero-order valence-corrected chi connectivity index (χ0v) is 16.9. The van der Waals surface area contributed by atoms with E-state index in [9.17, 15) is 13.2 Å². The highest BCUT2D eigenvalue weighted by Gasteiger charge is 2.39. The summed E-state index contributed by atoms with van der Waals surface area (Å²) >= 11 is 8.01. The van der Waals surface area contributed by atoms with Crippen molar-refractivity contribution in [2.45, 2.75) is 23.8 Å². The number of rotatable bonds is 4. The lowest BCUT2D eigenvalue weighted by molar-refractivity contribution is -0.119. The van der Waals surface area contributed by atoms with E-state index < -0.39 is 16.1 Å². The largest absolute Gasteiger partial charge is 0.325 e. The zero-order valence-electron chi connectivity index (χ0n) is 13.2. The fraction of sp³-hybridized carbons (Fsp3) is 0.235. The highest BCUT2D eigenvalue weighted by Crippen LogP contribution is 2.27. The van der Waals surface area contributed by atoms with Crippen molar-refractivity contribution in [1.29, 1.82) is 0 Å². The first kappa shape index (κ1) is 18.6. The Bertz CT molecular complexity index is 870. The highest BCUT2D eigenvalue weighted by molar-refractivity contribution is 14.1. The van der Waals surface area contributed by atoms with Crippen molar-refractivity contribution in [2.75, 3.05) is 11.9 Å². The van der Waals surface area contributed by atoms with E-state index in [-0.39, 0.29) is 10.8 Å². The Balaban J connectivity index is 1.80. The molecular weight excluding hydrogens is 475 g/mol. The van der Waals surface area contributed by atoms with E-state index in [4.69, 9.17) is 11.6 Å². The van der Waals surface area contributed by atoms with Crippen LogP contribution in [0.15, 0.2) is 53.4 Å². The van der Waals surface area contributed by atoms with Crippen LogP contribution in [0, 0.1) is 3.57 Å². The van der Waals surface area contributed by atoms with Gasteiger partial charge in [0.05, 0.1) is 4.90 Å². The van der Waals surface area contributed by atoms with Crippen LogP contribution < -0.4 is 5.32 Å². The summed E-state index contributed by atoms with van der Waals surface area (Å²) in [5.74, 6) is -0.309. The molecule has 2 aromatic rings. The minimum Gasteiger partial charge on any atom is -0.325 e. The molecular formula is C17H16ClIN2O3S. The fourth-order valence-electron chi connectivity index (χ4n) is 2.79. The van der Waals surface area contributed by atoms with Crippen molar-refractivity contribution in [3.8, 4) is 0 Å². The average molecular weight is 491 g/mol. The van der Waals surface area contributed by atoms with Gasteiger partial charge in [-0.2, -0.15) is 4.31 Å². The summed E-state index contributed by atoms with van der Waals surface area (Å²) in [5, 5.41) is 3.27. The summed E-state index contributed by atoms with van der Waals surface area (Å²) in [7, 11) is -3.74. The smallest absolute Gasteiger partial charge is 0.243 e. The summed E-state index contributed by atoms with van der Waals surface area (Å²) < 4.78 is 28.1. The van der Waals surface area contributed by atoms with Gasteiger partial charge in [0.2, 0.25) is 15.9 Å². The molecule has 1 fully saturated rings. The molecule has 0 bridgehead atoms. The summed E-state index contributed by atoms with van der Waals surface area (Å²) in [6, 6.07) is 12.6. The van der Waals surface area contributed by atoms with E-state index in [1.165, 1.54) is 28.6 Å². The molecule has 0 aliphatic carbocycles. The number of nitrogens with zero attached hydrogens (tertiary/aromatic N) is 1. The molecule has 1 aliphatic heterocycles. The van der Waals surface area contributed by atoms with Crippen molar-refractivity contribution in [3.63, 3.8) is 0 Å². The van der Waals surface area contributed by atoms with Crippen LogP contribution in [0.3, 0.4) is 0 Å². The van der Waals surface area contributed by atoms with Gasteiger partial charge < -0.3 is 5.32 Å². The fourth-order valence-corrected chi connectivity index (χ4v) is 4.93. The molecule has 3 rings (SSSR count). The van der Waals surface area contributed by atoms with Gasteiger partial charge in [-0.05, 0) is 84.0 Å². The second kappa shape index (κ2) is 7.61. The number of carbonyl (C=O) groups excluding carboxylic acids is 1. The predicted molar refractivity (Wildman–Crippen MR) is 106 cm³/mol. The number of halogens is 2. The first-order valence-electron chi connectivity index (χ1n) is 7.72. The summed E-state index contributed by atoms with van der Waals surface area (Å²) in [5.41, 5.74) is 0.654. The Hall–Kier alpha value is -1.16. The Morgan fingerprint density at radius 2 is 1.76 bits per heavy atom. The number of carbonyl (C=O) groups is 1. The van der Waals surface area contributed by atoms with Crippen molar-refractivity contribution in [2.24, 2.45) is 0 Å². The van der Waals surface area contributed by atoms with E-state index >= 15 is 0 Å². The van der Waals surface area contributed by atoms with Crippen LogP contribution in [-0.4, -0.2) is 31.2 Å². The molecule has 1 aliphatic rings. The Morgan fingerprint density at radius 1 is 1.12 bits per heavy atom. The summed E-state index contributed by atoms with van der Waals surface area (Å²) in [6.07, 6.45) is 1.15. The number of hydrogen-bond acceptors (Lipinski definition) is 3. The van der Waals surface area contributed by atoms with E-state index in [1.807, 2.05) is 12.1 Å². The molecule has 0 saturated carbocycles. The van der Waals surface area contributed by atoms with E-state index in [0.29, 0.717) is 30.1 Å². The first-order valence-corrected chi connectivity index (χ1v) is 10.6. The Kier molecular flexibility index (Phi) is 5.67. The van der Waals surface area contributed by atoms with Crippen LogP contribution in [0.4, 0.5) is 5.69 Å². The highest BCUT2D eigenvalue weighted by atomic mass is 127. The van der Waals surface area contributed by atoms with Crippen LogP contribution >= 0.6 is 34.2 Å². The number of sulfonamides is 1. The molecule has 25 heavy (non-hydrogen) atoms. The number of benzene rings is 2. The van der Waals surface area contributed by atoms with Gasteiger partial charge in [0.25, 0.3) is 0 Å². The van der Waals surface area contributed by atoms with Crippen LogP contribution in [0.5, 0.6) is 0 Å². The lowest BCUT2D eigenvalue weighted by atomic mass is 10.2. The standard InChI is InChI=1S/C17H16ClIN2O3S/c18-12-3-9-15(10-4-12)25(23,24)21-11-1-2-16(21)17(22)20-14-7-5-13(19)6-8-14/h3-10,16H,1-2,11H2,(H,20,22)/t16-/m1/s1. The predicted octanol–water partition coefficient (Wildman–Crippen LogP) is 3.74. The van der Waals surface area contributed by atoms with Crippen molar-refractivity contribution in [1.82, 2.24) is 4.31 Å². The maximum atomic E-state index is 12.9. The maximum absolute atomic E-state index is 12.9. The van der Waals surface area contributed by atoms with Gasteiger partial charge in [-0.15, -0.1) is 0 Å². The third-order valence-corrected chi connectivity index (χ3v) is 6.93. The first-order chi connectivity index (χ1) is 11.9. The molecule has 0 spiro atoms. The molecule has 2 aromatic carbocycles. The topological polar surface area (TPSA) is 66.5 Å². The zero-order chi connectivity index (χ0) is 18.0. The van der Waals surface area contributed by atoms with Crippen LogP contribution in [0.1, 0.15) is 12.8 Å². The van der Waals surface area contributed by atoms with Crippen molar-refractivity contribution < 1.29 is 13.2 Å². The molecule has 0 unspecified atom stereocenters. The molecule has 1 saturated heterocycles. The van der Waals surface area contributed by atoms with Gasteiger partial charge in [-0.25, -0.2) is 8.42 Å². The quantitative estimate of drug-likeness (QED) is 0.664. The molecule has 0 aromatic heterocycles. The maximum Gasteiger partial charge on any atom is 0.243 e. The Labute approximate surface area is 165 Å². The van der Waals surface area contributed by atoms with Gasteiger partial charge >= 0.3 is 0 Å². The second-order valence-corrected chi connectivity index (χ2v) is 9.30. The Morgan fingerprint density at radius 3 is 2.40 bits per heavy atom. The van der Waals surface area contributed by atoms with Gasteiger partial charge in [-0.3, -0.25) is 4.79 Å². The molecule has 1 amide bonds. The van der Waals surface area contributed by atoms with Crippen LogP contribution in [0.2, 0.25) is 5.02 Å². The van der Waals surface area contributed by atoms with Crippen LogP contribution in [-0.2, 0) is 14.8 Å². The lowest BCUT2D eigenvalue weighted by Crippen LogP contribution is -2.43. The average Bonchev–Trinajstić information content (AvgIpc) is 3.08. The number of hydrogen-bond donors (Lipinski definition) is 1. The molecule has 1 N–H and O–H groups in total. The normalized spacial score (nSPS) is 18.2. The monoisotopic (exact) mass is 490 g/mol. The van der Waals surface area contributed by atoms with Crippen molar-refractivity contribution in [3.05, 3.63) is 57.1 Å². The minimum absolute atomic E-state index is 0.144. The molecule has 8 heteroatoms. The number of anilines is 1. The van der Waals surface area contributed by atoms with E-state index in [0.717, 1.165) is 3.57 Å². The second-order valence-electron chi connectivity index (χ2n) is 5.72. The summed E-state index contributed by atoms with van der Waals surface area (Å²) in [4.78, 5) is 12.7. The van der Waals surface area contributed by atoms with E-state index in [2.05, 4.69) is 27.9 Å². The molecule has 132 valence electrons. The molecule has 0 radical (unpaired) electrons. The van der Waals surface area contributed by atoms with Gasteiger partial charge in [-0.1, -0.05) is 11.6 Å². The van der Waals surface area contributed by atoms with Gasteiger partial charge in [0.1, 0.15) is 6.04 Å².